The minimum Gasteiger partial charge on any atom is -0.481 e. The summed E-state index contributed by atoms with van der Waals surface area (Å²) in [6.07, 6.45) is 0. The summed E-state index contributed by atoms with van der Waals surface area (Å²) in [6.45, 7) is 0.489. The number of rotatable bonds is 3. The molecule has 1 aromatic carbocycles. The molecule has 2 aliphatic rings. The van der Waals surface area contributed by atoms with Gasteiger partial charge in [0.05, 0.1) is 19.3 Å². The molecule has 1 amide bonds. The number of aliphatic carboxylic acids is 1. The molecule has 0 bridgehead atoms. The van der Waals surface area contributed by atoms with Crippen LogP contribution in [0.2, 0.25) is 0 Å². The van der Waals surface area contributed by atoms with E-state index in [1.54, 1.807) is 25.2 Å². The van der Waals surface area contributed by atoms with Crippen molar-refractivity contribution < 1.29 is 28.9 Å². The van der Waals surface area contributed by atoms with Crippen molar-refractivity contribution in [2.24, 2.45) is 5.92 Å². The number of ether oxygens (including phenoxy) is 3. The number of hydrogen-bond donors (Lipinski definition) is 1. The standard InChI is InChI=1S/C14H15NO6/c1-15(10-6-19-5-9(10)14(17)18)13(16)8-2-3-11-12(4-8)21-7-20-11/h2-4,9-10H,5-7H2,1H3,(H,17,18). The van der Waals surface area contributed by atoms with Gasteiger partial charge in [-0.15, -0.1) is 0 Å². The van der Waals surface area contributed by atoms with Crippen LogP contribution in [0.5, 0.6) is 11.5 Å². The number of benzene rings is 1. The molecule has 1 fully saturated rings. The van der Waals surface area contributed by atoms with Crippen LogP contribution in [0, 0.1) is 5.92 Å². The summed E-state index contributed by atoms with van der Waals surface area (Å²) >= 11 is 0. The van der Waals surface area contributed by atoms with Crippen LogP contribution in [-0.4, -0.2) is 55.0 Å². The molecule has 0 aromatic heterocycles. The Kier molecular flexibility index (Phi) is 3.42. The SMILES string of the molecule is CN(C(=O)c1ccc2c(c1)OCO2)C1COCC1C(=O)O. The molecule has 0 spiro atoms. The molecule has 2 heterocycles. The Morgan fingerprint density at radius 2 is 2.00 bits per heavy atom. The van der Waals surface area contributed by atoms with Gasteiger partial charge in [-0.25, -0.2) is 0 Å². The first-order chi connectivity index (χ1) is 10.1. The summed E-state index contributed by atoms with van der Waals surface area (Å²) < 4.78 is 15.6. The molecule has 0 aliphatic carbocycles. The van der Waals surface area contributed by atoms with Crippen LogP contribution in [0.25, 0.3) is 0 Å². The monoisotopic (exact) mass is 293 g/mol. The summed E-state index contributed by atoms with van der Waals surface area (Å²) in [6, 6.07) is 4.44. The highest BCUT2D eigenvalue weighted by Gasteiger charge is 2.38. The van der Waals surface area contributed by atoms with Gasteiger partial charge in [0.1, 0.15) is 5.92 Å². The lowest BCUT2D eigenvalue weighted by atomic mass is 10.0. The molecule has 1 N–H and O–H groups in total. The zero-order valence-electron chi connectivity index (χ0n) is 11.4. The van der Waals surface area contributed by atoms with Gasteiger partial charge in [0.25, 0.3) is 5.91 Å². The third kappa shape index (κ3) is 2.40. The maximum Gasteiger partial charge on any atom is 0.311 e. The van der Waals surface area contributed by atoms with E-state index in [4.69, 9.17) is 19.3 Å². The number of carboxylic acids is 1. The van der Waals surface area contributed by atoms with Gasteiger partial charge in [-0.1, -0.05) is 0 Å². The van der Waals surface area contributed by atoms with Gasteiger partial charge < -0.3 is 24.2 Å². The second kappa shape index (κ2) is 5.25. The molecular formula is C14H15NO6. The number of carbonyl (C=O) groups is 2. The van der Waals surface area contributed by atoms with E-state index in [1.165, 1.54) is 4.90 Å². The molecule has 2 unspecified atom stereocenters. The number of carbonyl (C=O) groups excluding carboxylic acids is 1. The lowest BCUT2D eigenvalue weighted by Crippen LogP contribution is -2.44. The summed E-state index contributed by atoms with van der Waals surface area (Å²) in [5.41, 5.74) is 0.429. The Labute approximate surface area is 121 Å². The van der Waals surface area contributed by atoms with Crippen molar-refractivity contribution >= 4 is 11.9 Å². The van der Waals surface area contributed by atoms with Gasteiger partial charge in [0, 0.05) is 12.6 Å². The molecule has 7 heteroatoms. The Morgan fingerprint density at radius 3 is 2.76 bits per heavy atom. The Hall–Kier alpha value is -2.28. The number of fused-ring (bicyclic) bond motifs is 1. The first kappa shape index (κ1) is 13.7. The molecule has 2 aliphatic heterocycles. The van der Waals surface area contributed by atoms with Gasteiger partial charge in [-0.2, -0.15) is 0 Å². The lowest BCUT2D eigenvalue weighted by molar-refractivity contribution is -0.142. The zero-order chi connectivity index (χ0) is 15.0. The second-order valence-corrected chi connectivity index (χ2v) is 5.03. The van der Waals surface area contributed by atoms with Crippen molar-refractivity contribution in [3.63, 3.8) is 0 Å². The Morgan fingerprint density at radius 1 is 1.24 bits per heavy atom. The minimum atomic E-state index is -0.956. The minimum absolute atomic E-state index is 0.124. The van der Waals surface area contributed by atoms with E-state index in [0.717, 1.165) is 0 Å². The van der Waals surface area contributed by atoms with Gasteiger partial charge in [-0.3, -0.25) is 9.59 Å². The van der Waals surface area contributed by atoms with Crippen LogP contribution in [0.1, 0.15) is 10.4 Å². The maximum atomic E-state index is 12.5. The number of amides is 1. The van der Waals surface area contributed by atoms with Crippen LogP contribution < -0.4 is 9.47 Å². The fourth-order valence-electron chi connectivity index (χ4n) is 2.54. The van der Waals surface area contributed by atoms with Crippen LogP contribution in [0.15, 0.2) is 18.2 Å². The number of hydrogen-bond acceptors (Lipinski definition) is 5. The highest BCUT2D eigenvalue weighted by molar-refractivity contribution is 5.95. The number of carboxylic acid groups (broad SMARTS) is 1. The average Bonchev–Trinajstić information content (AvgIpc) is 3.13. The smallest absolute Gasteiger partial charge is 0.311 e. The quantitative estimate of drug-likeness (QED) is 0.877. The second-order valence-electron chi connectivity index (χ2n) is 5.03. The molecule has 3 rings (SSSR count). The maximum absolute atomic E-state index is 12.5. The van der Waals surface area contributed by atoms with Crippen molar-refractivity contribution in [3.8, 4) is 11.5 Å². The molecule has 21 heavy (non-hydrogen) atoms. The van der Waals surface area contributed by atoms with Crippen molar-refractivity contribution in [1.29, 1.82) is 0 Å². The lowest BCUT2D eigenvalue weighted by Gasteiger charge is -2.26. The summed E-state index contributed by atoms with van der Waals surface area (Å²) in [5, 5.41) is 9.16. The zero-order valence-corrected chi connectivity index (χ0v) is 11.4. The number of likely N-dealkylation sites (N-methyl/N-ethyl adjacent to an activating group) is 1. The van der Waals surface area contributed by atoms with Crippen molar-refractivity contribution in [2.45, 2.75) is 6.04 Å². The topological polar surface area (TPSA) is 85.3 Å². The fourth-order valence-corrected chi connectivity index (χ4v) is 2.54. The molecule has 0 radical (unpaired) electrons. The van der Waals surface area contributed by atoms with Gasteiger partial charge in [0.15, 0.2) is 11.5 Å². The summed E-state index contributed by atoms with van der Waals surface area (Å²) in [5.74, 6) is -0.806. The first-order valence-electron chi connectivity index (χ1n) is 6.55. The largest absolute Gasteiger partial charge is 0.481 e. The number of nitrogens with zero attached hydrogens (tertiary/aromatic N) is 1. The fraction of sp³-hybridized carbons (Fsp3) is 0.429. The Balaban J connectivity index is 1.79. The van der Waals surface area contributed by atoms with E-state index in [2.05, 4.69) is 0 Å². The molecule has 1 saturated heterocycles. The highest BCUT2D eigenvalue weighted by Crippen LogP contribution is 2.33. The third-order valence-corrected chi connectivity index (χ3v) is 3.81. The molecule has 7 nitrogen and oxygen atoms in total. The van der Waals surface area contributed by atoms with Crippen molar-refractivity contribution in [1.82, 2.24) is 4.90 Å². The van der Waals surface area contributed by atoms with Crippen LogP contribution in [0.3, 0.4) is 0 Å². The average molecular weight is 293 g/mol. The van der Waals surface area contributed by atoms with Gasteiger partial charge >= 0.3 is 5.97 Å². The van der Waals surface area contributed by atoms with Crippen LogP contribution >= 0.6 is 0 Å². The normalized spacial score (nSPS) is 23.1. The van der Waals surface area contributed by atoms with Gasteiger partial charge in [-0.05, 0) is 18.2 Å². The van der Waals surface area contributed by atoms with E-state index in [-0.39, 0.29) is 25.9 Å². The van der Waals surface area contributed by atoms with E-state index in [9.17, 15) is 9.59 Å². The summed E-state index contributed by atoms with van der Waals surface area (Å²) in [7, 11) is 1.59. The molecule has 0 saturated carbocycles. The first-order valence-corrected chi connectivity index (χ1v) is 6.55. The van der Waals surface area contributed by atoms with E-state index in [1.807, 2.05) is 0 Å². The van der Waals surface area contributed by atoms with E-state index in [0.29, 0.717) is 17.1 Å². The summed E-state index contributed by atoms with van der Waals surface area (Å²) in [4.78, 5) is 25.1. The predicted octanol–water partition coefficient (Wildman–Crippen LogP) is 0.587. The van der Waals surface area contributed by atoms with Crippen LogP contribution in [-0.2, 0) is 9.53 Å². The van der Waals surface area contributed by atoms with Crippen LogP contribution in [0.4, 0.5) is 0 Å². The van der Waals surface area contributed by atoms with Gasteiger partial charge in [0.2, 0.25) is 6.79 Å². The predicted molar refractivity (Wildman–Crippen MR) is 70.4 cm³/mol. The van der Waals surface area contributed by atoms with E-state index >= 15 is 0 Å². The Bertz CT molecular complexity index is 587. The molecule has 1 aromatic rings. The van der Waals surface area contributed by atoms with Crippen molar-refractivity contribution in [2.75, 3.05) is 27.1 Å². The molecular weight excluding hydrogens is 278 g/mol. The van der Waals surface area contributed by atoms with Crippen molar-refractivity contribution in [3.05, 3.63) is 23.8 Å². The molecule has 112 valence electrons. The highest BCUT2D eigenvalue weighted by atomic mass is 16.7. The van der Waals surface area contributed by atoms with E-state index < -0.39 is 17.9 Å². The third-order valence-electron chi connectivity index (χ3n) is 3.81. The molecule has 2 atom stereocenters.